The molecule has 0 aliphatic carbocycles. The van der Waals surface area contributed by atoms with Gasteiger partial charge in [-0.3, -0.25) is 14.4 Å². The predicted molar refractivity (Wildman–Crippen MR) is 81.2 cm³/mol. The molecule has 2 unspecified atom stereocenters. The van der Waals surface area contributed by atoms with Gasteiger partial charge in [0.15, 0.2) is 0 Å². The molecule has 1 aromatic carbocycles. The lowest BCUT2D eigenvalue weighted by Gasteiger charge is -2.45. The van der Waals surface area contributed by atoms with E-state index in [-0.39, 0.29) is 18.4 Å². The molecule has 2 aliphatic heterocycles. The zero-order valence-corrected chi connectivity index (χ0v) is 12.6. The second-order valence-corrected chi connectivity index (χ2v) is 5.80. The zero-order chi connectivity index (χ0) is 16.4. The minimum absolute atomic E-state index is 0.116. The van der Waals surface area contributed by atoms with Crippen molar-refractivity contribution in [1.29, 1.82) is 0 Å². The van der Waals surface area contributed by atoms with Gasteiger partial charge >= 0.3 is 0 Å². The van der Waals surface area contributed by atoms with Crippen LogP contribution < -0.4 is 5.32 Å². The van der Waals surface area contributed by atoms with Crippen molar-refractivity contribution in [3.8, 4) is 0 Å². The summed E-state index contributed by atoms with van der Waals surface area (Å²) in [7, 11) is 0. The summed E-state index contributed by atoms with van der Waals surface area (Å²) < 4.78 is 0. The van der Waals surface area contributed by atoms with Gasteiger partial charge in [0.1, 0.15) is 18.7 Å². The number of amides is 3. The largest absolute Gasteiger partial charge is 0.387 e. The molecule has 1 aromatic rings. The van der Waals surface area contributed by atoms with Gasteiger partial charge in [-0.2, -0.15) is 0 Å². The van der Waals surface area contributed by atoms with E-state index < -0.39 is 24.6 Å². The van der Waals surface area contributed by atoms with Crippen molar-refractivity contribution < 1.29 is 19.5 Å². The molecular weight excluding hydrogens is 298 g/mol. The maximum Gasteiger partial charge on any atom is 0.248 e. The first-order valence-corrected chi connectivity index (χ1v) is 7.63. The van der Waals surface area contributed by atoms with Gasteiger partial charge in [0.2, 0.25) is 17.7 Å². The Balaban J connectivity index is 1.71. The fourth-order valence-electron chi connectivity index (χ4n) is 3.12. The van der Waals surface area contributed by atoms with Gasteiger partial charge in [-0.1, -0.05) is 30.3 Å². The summed E-state index contributed by atoms with van der Waals surface area (Å²) in [4.78, 5) is 39.5. The van der Waals surface area contributed by atoms with Gasteiger partial charge < -0.3 is 20.2 Å². The van der Waals surface area contributed by atoms with Crippen molar-refractivity contribution in [1.82, 2.24) is 15.1 Å². The summed E-state index contributed by atoms with van der Waals surface area (Å²) in [5.41, 5.74) is 0.985. The number of carbonyl (C=O) groups excluding carboxylic acids is 3. The number of aliphatic hydroxyl groups excluding tert-OH is 1. The average Bonchev–Trinajstić information content (AvgIpc) is 2.59. The lowest BCUT2D eigenvalue weighted by atomic mass is 9.98. The standard InChI is InChI=1S/C16H19N3O4/c20-10-14(21)18-6-7-19-13(9-18)15(22)17-12(16(19)23)8-11-4-2-1-3-5-11/h1-5,12-13,20H,6-10H2,(H,17,22). The molecule has 122 valence electrons. The molecular formula is C16H19N3O4. The van der Waals surface area contributed by atoms with Gasteiger partial charge in [-0.25, -0.2) is 0 Å². The van der Waals surface area contributed by atoms with Crippen LogP contribution in [0.3, 0.4) is 0 Å². The maximum absolute atomic E-state index is 12.6. The molecule has 2 saturated heterocycles. The Labute approximate surface area is 133 Å². The number of fused-ring (bicyclic) bond motifs is 1. The van der Waals surface area contributed by atoms with Crippen LogP contribution in [0.2, 0.25) is 0 Å². The van der Waals surface area contributed by atoms with Crippen molar-refractivity contribution in [2.24, 2.45) is 0 Å². The smallest absolute Gasteiger partial charge is 0.248 e. The normalized spacial score (nSPS) is 24.2. The third-order valence-electron chi connectivity index (χ3n) is 4.35. The first-order chi connectivity index (χ1) is 11.1. The molecule has 0 aromatic heterocycles. The highest BCUT2D eigenvalue weighted by Gasteiger charge is 2.43. The van der Waals surface area contributed by atoms with Crippen LogP contribution in [0.25, 0.3) is 0 Å². The zero-order valence-electron chi connectivity index (χ0n) is 12.6. The number of rotatable bonds is 3. The Morgan fingerprint density at radius 3 is 2.65 bits per heavy atom. The van der Waals surface area contributed by atoms with Crippen molar-refractivity contribution in [3.63, 3.8) is 0 Å². The molecule has 2 aliphatic rings. The van der Waals surface area contributed by atoms with E-state index in [0.717, 1.165) is 5.56 Å². The molecule has 3 amide bonds. The van der Waals surface area contributed by atoms with Crippen LogP contribution in [0.15, 0.2) is 30.3 Å². The third kappa shape index (κ3) is 3.05. The Bertz CT molecular complexity index is 619. The maximum atomic E-state index is 12.6. The van der Waals surface area contributed by atoms with E-state index in [1.165, 1.54) is 4.90 Å². The molecule has 0 bridgehead atoms. The number of benzene rings is 1. The third-order valence-corrected chi connectivity index (χ3v) is 4.35. The quantitative estimate of drug-likeness (QED) is 0.730. The molecule has 7 heteroatoms. The molecule has 0 saturated carbocycles. The molecule has 7 nitrogen and oxygen atoms in total. The number of nitrogens with zero attached hydrogens (tertiary/aromatic N) is 2. The molecule has 2 N–H and O–H groups in total. The van der Waals surface area contributed by atoms with Gasteiger partial charge in [0, 0.05) is 19.5 Å². The van der Waals surface area contributed by atoms with E-state index >= 15 is 0 Å². The summed E-state index contributed by atoms with van der Waals surface area (Å²) >= 11 is 0. The first kappa shape index (κ1) is 15.5. The summed E-state index contributed by atoms with van der Waals surface area (Å²) in [5, 5.41) is 11.7. The number of piperazine rings is 2. The van der Waals surface area contributed by atoms with Crippen molar-refractivity contribution in [2.45, 2.75) is 18.5 Å². The molecule has 3 rings (SSSR count). The highest BCUT2D eigenvalue weighted by atomic mass is 16.3. The van der Waals surface area contributed by atoms with Gasteiger partial charge in [-0.15, -0.1) is 0 Å². The van der Waals surface area contributed by atoms with E-state index in [1.807, 2.05) is 30.3 Å². The highest BCUT2D eigenvalue weighted by Crippen LogP contribution is 2.18. The topological polar surface area (TPSA) is 90.0 Å². The molecule has 23 heavy (non-hydrogen) atoms. The fourth-order valence-corrected chi connectivity index (χ4v) is 3.12. The van der Waals surface area contributed by atoms with Crippen LogP contribution in [-0.4, -0.2) is 71.0 Å². The summed E-state index contributed by atoms with van der Waals surface area (Å²) in [6.45, 7) is 0.203. The SMILES string of the molecule is O=C1NC(Cc2ccccc2)C(=O)N2CCN(C(=O)CO)CC12. The highest BCUT2D eigenvalue weighted by molar-refractivity contribution is 5.98. The summed E-state index contributed by atoms with van der Waals surface area (Å²) in [6, 6.07) is 8.30. The van der Waals surface area contributed by atoms with Crippen LogP contribution in [0, 0.1) is 0 Å². The van der Waals surface area contributed by atoms with Crippen molar-refractivity contribution in [3.05, 3.63) is 35.9 Å². The number of nitrogens with one attached hydrogen (secondary N) is 1. The Morgan fingerprint density at radius 2 is 1.96 bits per heavy atom. The average molecular weight is 317 g/mol. The molecule has 0 radical (unpaired) electrons. The minimum atomic E-state index is -0.668. The van der Waals surface area contributed by atoms with E-state index in [2.05, 4.69) is 5.32 Å². The minimum Gasteiger partial charge on any atom is -0.387 e. The second-order valence-electron chi connectivity index (χ2n) is 5.80. The van der Waals surface area contributed by atoms with Crippen LogP contribution in [0.1, 0.15) is 5.56 Å². The second kappa shape index (κ2) is 6.37. The van der Waals surface area contributed by atoms with Crippen molar-refractivity contribution in [2.75, 3.05) is 26.2 Å². The molecule has 2 atom stereocenters. The number of hydrogen-bond donors (Lipinski definition) is 2. The first-order valence-electron chi connectivity index (χ1n) is 7.63. The summed E-state index contributed by atoms with van der Waals surface area (Å²) in [6.07, 6.45) is 0.452. The van der Waals surface area contributed by atoms with Gasteiger partial charge in [0.05, 0.1) is 6.54 Å². The molecule has 2 fully saturated rings. The van der Waals surface area contributed by atoms with Gasteiger partial charge in [-0.05, 0) is 5.56 Å². The summed E-state index contributed by atoms with van der Waals surface area (Å²) in [5.74, 6) is -0.785. The van der Waals surface area contributed by atoms with Crippen LogP contribution in [-0.2, 0) is 20.8 Å². The molecule has 0 spiro atoms. The number of aliphatic hydroxyl groups is 1. The van der Waals surface area contributed by atoms with E-state index in [4.69, 9.17) is 5.11 Å². The van der Waals surface area contributed by atoms with E-state index in [0.29, 0.717) is 19.5 Å². The van der Waals surface area contributed by atoms with Gasteiger partial charge in [0.25, 0.3) is 0 Å². The number of hydrogen-bond acceptors (Lipinski definition) is 4. The lowest BCUT2D eigenvalue weighted by molar-refractivity contribution is -0.156. The lowest BCUT2D eigenvalue weighted by Crippen LogP contribution is -2.70. The van der Waals surface area contributed by atoms with E-state index in [9.17, 15) is 14.4 Å². The predicted octanol–water partition coefficient (Wildman–Crippen LogP) is -1.24. The Kier molecular flexibility index (Phi) is 4.29. The molecule has 2 heterocycles. The van der Waals surface area contributed by atoms with Crippen LogP contribution in [0.5, 0.6) is 0 Å². The van der Waals surface area contributed by atoms with Crippen molar-refractivity contribution >= 4 is 17.7 Å². The fraction of sp³-hybridized carbons (Fsp3) is 0.438. The number of carbonyl (C=O) groups is 3. The van der Waals surface area contributed by atoms with Crippen LogP contribution in [0.4, 0.5) is 0 Å². The van der Waals surface area contributed by atoms with E-state index in [1.54, 1.807) is 4.90 Å². The Morgan fingerprint density at radius 1 is 1.22 bits per heavy atom. The monoisotopic (exact) mass is 317 g/mol. The Hall–Kier alpha value is -2.41. The van der Waals surface area contributed by atoms with Crippen LogP contribution >= 0.6 is 0 Å².